The van der Waals surface area contributed by atoms with Crippen molar-refractivity contribution in [2.24, 2.45) is 0 Å². The average molecular weight is 471 g/mol. The lowest BCUT2D eigenvalue weighted by Crippen LogP contribution is -2.29. The van der Waals surface area contributed by atoms with Gasteiger partial charge in [-0.2, -0.15) is 0 Å². The molecule has 1 aliphatic rings. The van der Waals surface area contributed by atoms with Crippen LogP contribution in [-0.2, 0) is 0 Å². The van der Waals surface area contributed by atoms with E-state index in [9.17, 15) is 4.79 Å². The van der Waals surface area contributed by atoms with Crippen molar-refractivity contribution in [3.8, 4) is 11.5 Å². The lowest BCUT2D eigenvalue weighted by molar-refractivity contribution is 0.0790. The van der Waals surface area contributed by atoms with Gasteiger partial charge in [0.25, 0.3) is 5.91 Å². The van der Waals surface area contributed by atoms with Crippen LogP contribution in [0.2, 0.25) is 0 Å². The highest BCUT2D eigenvalue weighted by Crippen LogP contribution is 2.39. The van der Waals surface area contributed by atoms with Gasteiger partial charge >= 0.3 is 0 Å². The molecule has 0 bridgehead atoms. The molecule has 4 rings (SSSR count). The Kier molecular flexibility index (Phi) is 7.57. The van der Waals surface area contributed by atoms with Gasteiger partial charge in [0.05, 0.1) is 0 Å². The van der Waals surface area contributed by atoms with Crippen molar-refractivity contribution in [2.45, 2.75) is 26.7 Å². The van der Waals surface area contributed by atoms with Gasteiger partial charge in [-0.05, 0) is 61.7 Å². The molecule has 1 amide bonds. The van der Waals surface area contributed by atoms with E-state index in [1.54, 1.807) is 4.90 Å². The van der Waals surface area contributed by atoms with Gasteiger partial charge in [0.1, 0.15) is 11.5 Å². The zero-order valence-electron chi connectivity index (χ0n) is 20.9. The SMILES string of the molecule is C=c1ccc2c(c1)Oc1cc(N(CC)CC)ccc1C=2c1ccccc1C(=O)N(C)CCCCO. The van der Waals surface area contributed by atoms with Crippen LogP contribution in [0.5, 0.6) is 11.5 Å². The number of amides is 1. The summed E-state index contributed by atoms with van der Waals surface area (Å²) in [5.41, 5.74) is 4.59. The predicted octanol–water partition coefficient (Wildman–Crippen LogP) is 4.14. The molecular weight excluding hydrogens is 436 g/mol. The van der Waals surface area contributed by atoms with E-state index >= 15 is 0 Å². The minimum absolute atomic E-state index is 0.0332. The number of benzene rings is 3. The third kappa shape index (κ3) is 4.96. The minimum atomic E-state index is -0.0332. The van der Waals surface area contributed by atoms with Crippen molar-refractivity contribution in [1.82, 2.24) is 4.90 Å². The Morgan fingerprint density at radius 3 is 2.46 bits per heavy atom. The van der Waals surface area contributed by atoms with E-state index in [0.29, 0.717) is 18.5 Å². The van der Waals surface area contributed by atoms with E-state index in [1.807, 2.05) is 49.5 Å². The molecule has 0 aromatic heterocycles. The number of hydrogen-bond donors (Lipinski definition) is 1. The number of aliphatic hydroxyl groups excluding tert-OH is 1. The number of nitrogens with zero attached hydrogens (tertiary/aromatic N) is 2. The van der Waals surface area contributed by atoms with Crippen molar-refractivity contribution in [3.63, 3.8) is 0 Å². The zero-order chi connectivity index (χ0) is 24.9. The molecular formula is C30H34N2O3. The van der Waals surface area contributed by atoms with Gasteiger partial charge in [0, 0.05) is 67.0 Å². The molecule has 1 N–H and O–H groups in total. The van der Waals surface area contributed by atoms with Crippen LogP contribution in [0.3, 0.4) is 0 Å². The first-order chi connectivity index (χ1) is 17.0. The number of rotatable bonds is 9. The Bertz CT molecular complexity index is 1330. The second kappa shape index (κ2) is 10.8. The number of anilines is 1. The van der Waals surface area contributed by atoms with Gasteiger partial charge in [0.15, 0.2) is 0 Å². The molecule has 5 nitrogen and oxygen atoms in total. The van der Waals surface area contributed by atoms with E-state index in [2.05, 4.69) is 43.5 Å². The van der Waals surface area contributed by atoms with Crippen molar-refractivity contribution < 1.29 is 14.6 Å². The fraction of sp³-hybridized carbons (Fsp3) is 0.300. The molecule has 0 saturated heterocycles. The molecule has 0 spiro atoms. The van der Waals surface area contributed by atoms with Crippen molar-refractivity contribution in [2.75, 3.05) is 38.2 Å². The summed E-state index contributed by atoms with van der Waals surface area (Å²) in [6.07, 6.45) is 1.44. The second-order valence-electron chi connectivity index (χ2n) is 8.86. The highest BCUT2D eigenvalue weighted by Gasteiger charge is 2.25. The Labute approximate surface area is 207 Å². The van der Waals surface area contributed by atoms with Crippen LogP contribution in [0, 0.1) is 0 Å². The predicted molar refractivity (Wildman–Crippen MR) is 143 cm³/mol. The van der Waals surface area contributed by atoms with Crippen LogP contribution >= 0.6 is 0 Å². The summed E-state index contributed by atoms with van der Waals surface area (Å²) in [5, 5.41) is 10.9. The molecule has 0 atom stereocenters. The number of unbranched alkanes of at least 4 members (excludes halogenated alkanes) is 1. The first kappa shape index (κ1) is 24.6. The lowest BCUT2D eigenvalue weighted by atomic mass is 9.89. The Hall–Kier alpha value is -3.57. The summed E-state index contributed by atoms with van der Waals surface area (Å²) >= 11 is 0. The summed E-state index contributed by atoms with van der Waals surface area (Å²) in [6, 6.07) is 20.1. The van der Waals surface area contributed by atoms with Crippen LogP contribution < -0.4 is 20.1 Å². The molecule has 3 aromatic carbocycles. The molecule has 3 aromatic rings. The third-order valence-electron chi connectivity index (χ3n) is 6.57. The van der Waals surface area contributed by atoms with E-state index < -0.39 is 0 Å². The van der Waals surface area contributed by atoms with Gasteiger partial charge in [-0.3, -0.25) is 4.79 Å². The van der Waals surface area contributed by atoms with E-state index in [1.165, 1.54) is 0 Å². The van der Waals surface area contributed by atoms with Gasteiger partial charge in [-0.1, -0.05) is 36.9 Å². The van der Waals surface area contributed by atoms with E-state index in [0.717, 1.165) is 63.8 Å². The minimum Gasteiger partial charge on any atom is -0.456 e. The van der Waals surface area contributed by atoms with Crippen LogP contribution in [-0.4, -0.2) is 49.2 Å². The van der Waals surface area contributed by atoms with Gasteiger partial charge < -0.3 is 19.6 Å². The van der Waals surface area contributed by atoms with E-state index in [-0.39, 0.29) is 12.5 Å². The van der Waals surface area contributed by atoms with Crippen molar-refractivity contribution in [3.05, 3.63) is 87.8 Å². The molecule has 0 aliphatic carbocycles. The lowest BCUT2D eigenvalue weighted by Gasteiger charge is -2.27. The smallest absolute Gasteiger partial charge is 0.254 e. The number of hydrogen-bond acceptors (Lipinski definition) is 4. The molecule has 0 saturated carbocycles. The fourth-order valence-electron chi connectivity index (χ4n) is 4.65. The normalized spacial score (nSPS) is 11.9. The standard InChI is InChI=1S/C30H34N2O3/c1-5-32(6-2)22-14-16-26-28(20-22)35-27-19-21(3)13-15-25(27)29(26)23-11-7-8-12-24(23)30(34)31(4)17-9-10-18-33/h7-8,11-16,19-20,33H,3,5-6,9-10,17-18H2,1-2,4H3. The number of carbonyl (C=O) groups excluding carboxylic acids is 1. The Morgan fingerprint density at radius 1 is 0.943 bits per heavy atom. The summed E-state index contributed by atoms with van der Waals surface area (Å²) < 4.78 is 6.40. The molecule has 0 unspecified atom stereocenters. The van der Waals surface area contributed by atoms with Crippen molar-refractivity contribution >= 4 is 23.7 Å². The summed E-state index contributed by atoms with van der Waals surface area (Å²) in [5.74, 6) is 1.49. The second-order valence-corrected chi connectivity index (χ2v) is 8.86. The first-order valence-electron chi connectivity index (χ1n) is 12.3. The molecule has 0 fully saturated rings. The van der Waals surface area contributed by atoms with Crippen LogP contribution in [0.15, 0.2) is 60.7 Å². The summed E-state index contributed by atoms with van der Waals surface area (Å²) in [4.78, 5) is 17.5. The van der Waals surface area contributed by atoms with Gasteiger partial charge in [-0.25, -0.2) is 0 Å². The summed E-state index contributed by atoms with van der Waals surface area (Å²) in [7, 11) is 1.82. The van der Waals surface area contributed by atoms with E-state index in [4.69, 9.17) is 9.84 Å². The largest absolute Gasteiger partial charge is 0.456 e. The maximum absolute atomic E-state index is 13.5. The highest BCUT2D eigenvalue weighted by atomic mass is 16.5. The molecule has 182 valence electrons. The highest BCUT2D eigenvalue weighted by molar-refractivity contribution is 6.02. The number of aliphatic hydroxyl groups is 1. The number of ether oxygens (including phenoxy) is 1. The van der Waals surface area contributed by atoms with Gasteiger partial charge in [0.2, 0.25) is 0 Å². The number of carbonyl (C=O) groups is 1. The topological polar surface area (TPSA) is 53.0 Å². The molecule has 1 aliphatic heterocycles. The number of fused-ring (bicyclic) bond motifs is 2. The maximum Gasteiger partial charge on any atom is 0.254 e. The van der Waals surface area contributed by atoms with Crippen LogP contribution in [0.25, 0.3) is 12.2 Å². The molecule has 0 radical (unpaired) electrons. The molecule has 5 heteroatoms. The molecule has 1 heterocycles. The van der Waals surface area contributed by atoms with Crippen molar-refractivity contribution in [1.29, 1.82) is 0 Å². The van der Waals surface area contributed by atoms with Crippen LogP contribution in [0.4, 0.5) is 5.69 Å². The monoisotopic (exact) mass is 470 g/mol. The van der Waals surface area contributed by atoms with Crippen LogP contribution in [0.1, 0.15) is 48.2 Å². The fourth-order valence-corrected chi connectivity index (χ4v) is 4.65. The Balaban J connectivity index is 1.89. The zero-order valence-corrected chi connectivity index (χ0v) is 20.9. The molecule has 35 heavy (non-hydrogen) atoms. The first-order valence-corrected chi connectivity index (χ1v) is 12.3. The quantitative estimate of drug-likeness (QED) is 0.374. The van der Waals surface area contributed by atoms with Gasteiger partial charge in [-0.15, -0.1) is 0 Å². The maximum atomic E-state index is 13.5. The average Bonchev–Trinajstić information content (AvgIpc) is 2.87. The third-order valence-corrected chi connectivity index (χ3v) is 6.57. The summed E-state index contributed by atoms with van der Waals surface area (Å²) in [6.45, 7) is 10.9. The Morgan fingerprint density at radius 2 is 1.71 bits per heavy atom.